The fraction of sp³-hybridized carbons (Fsp3) is 0.824. The summed E-state index contributed by atoms with van der Waals surface area (Å²) >= 11 is 0. The normalized spacial score (nSPS) is 28.9. The van der Waals surface area contributed by atoms with E-state index < -0.39 is 0 Å². The summed E-state index contributed by atoms with van der Waals surface area (Å²) in [5, 5.41) is 4.84. The first-order valence-electron chi connectivity index (χ1n) is 8.71. The zero-order valence-corrected chi connectivity index (χ0v) is 15.2. The molecule has 2 saturated heterocycles. The van der Waals surface area contributed by atoms with Gasteiger partial charge in [-0.05, 0) is 66.0 Å². The van der Waals surface area contributed by atoms with E-state index in [0.717, 1.165) is 5.59 Å². The Labute approximate surface area is 139 Å². The largest absolute Gasteiger partial charge is 0.516 e. The van der Waals surface area contributed by atoms with Crippen LogP contribution in [0.2, 0.25) is 0 Å². The molecule has 1 spiro atoms. The number of likely N-dealkylation sites (tertiary alicyclic amines) is 1. The monoisotopic (exact) mass is 317 g/mol. The van der Waals surface area contributed by atoms with E-state index in [1.165, 1.54) is 31.6 Å². The molecule has 5 nitrogen and oxygen atoms in total. The van der Waals surface area contributed by atoms with Crippen molar-refractivity contribution in [1.82, 2.24) is 14.7 Å². The predicted molar refractivity (Wildman–Crippen MR) is 90.9 cm³/mol. The molecule has 1 aromatic rings. The van der Waals surface area contributed by atoms with E-state index in [-0.39, 0.29) is 18.3 Å². The summed E-state index contributed by atoms with van der Waals surface area (Å²) < 4.78 is 14.5. The van der Waals surface area contributed by atoms with Crippen LogP contribution in [0.15, 0.2) is 6.07 Å². The highest BCUT2D eigenvalue weighted by molar-refractivity contribution is 6.61. The number of hydrogen-bond donors (Lipinski definition) is 0. The molecule has 126 valence electrons. The summed E-state index contributed by atoms with van der Waals surface area (Å²) in [5.41, 5.74) is 2.07. The second-order valence-corrected chi connectivity index (χ2v) is 8.98. The van der Waals surface area contributed by atoms with Crippen molar-refractivity contribution in [2.75, 3.05) is 20.1 Å². The van der Waals surface area contributed by atoms with Crippen LogP contribution in [0, 0.1) is 12.3 Å². The third-order valence-electron chi connectivity index (χ3n) is 6.33. The van der Waals surface area contributed by atoms with E-state index in [2.05, 4.69) is 57.3 Å². The highest BCUT2D eigenvalue weighted by atomic mass is 16.7. The summed E-state index contributed by atoms with van der Waals surface area (Å²) in [6, 6.07) is 2.67. The Morgan fingerprint density at radius 2 is 1.70 bits per heavy atom. The van der Waals surface area contributed by atoms with Crippen LogP contribution in [0.5, 0.6) is 0 Å². The number of hydrogen-bond acceptors (Lipinski definition) is 4. The van der Waals surface area contributed by atoms with E-state index in [4.69, 9.17) is 14.4 Å². The average molecular weight is 317 g/mol. The molecule has 0 bridgehead atoms. The molecule has 0 radical (unpaired) electrons. The van der Waals surface area contributed by atoms with Crippen LogP contribution in [-0.4, -0.2) is 53.1 Å². The fourth-order valence-corrected chi connectivity index (χ4v) is 4.43. The molecule has 23 heavy (non-hydrogen) atoms. The molecule has 3 aliphatic rings. The first-order chi connectivity index (χ1) is 10.6. The lowest BCUT2D eigenvalue weighted by atomic mass is 9.61. The van der Waals surface area contributed by atoms with Gasteiger partial charge in [-0.15, -0.1) is 0 Å². The van der Waals surface area contributed by atoms with Crippen molar-refractivity contribution in [2.24, 2.45) is 5.41 Å². The lowest BCUT2D eigenvalue weighted by Gasteiger charge is -2.58. The van der Waals surface area contributed by atoms with Crippen molar-refractivity contribution in [3.05, 3.63) is 11.8 Å². The van der Waals surface area contributed by atoms with Gasteiger partial charge in [0.15, 0.2) is 0 Å². The molecule has 4 rings (SSSR count). The molecule has 1 aliphatic carbocycles. The minimum absolute atomic E-state index is 0.313. The van der Waals surface area contributed by atoms with Crippen LogP contribution in [0.1, 0.15) is 52.3 Å². The highest BCUT2D eigenvalue weighted by Gasteiger charge is 2.54. The maximum Gasteiger partial charge on any atom is 0.516 e. The number of rotatable bonds is 2. The Morgan fingerprint density at radius 3 is 2.22 bits per heavy atom. The first-order valence-corrected chi connectivity index (χ1v) is 8.71. The number of nitrogens with zero attached hydrogens (tertiary/aromatic N) is 3. The maximum atomic E-state index is 6.13. The van der Waals surface area contributed by atoms with Gasteiger partial charge in [-0.3, -0.25) is 4.68 Å². The topological polar surface area (TPSA) is 39.5 Å². The van der Waals surface area contributed by atoms with E-state index in [0.29, 0.717) is 11.5 Å². The standard InChI is InChI=1S/C17H28BN3O2/c1-12-7-14(18-22-15(2,3)16(4,5)23-18)19-21(12)13-8-17(9-13)10-20(6)11-17/h7,13H,8-11H2,1-6H3. The number of aryl methyl sites for hydroxylation is 1. The Balaban J connectivity index is 1.49. The zero-order chi connectivity index (χ0) is 16.6. The molecule has 1 aromatic heterocycles. The van der Waals surface area contributed by atoms with E-state index in [1.807, 2.05) is 0 Å². The number of aromatic nitrogens is 2. The molecule has 0 amide bonds. The van der Waals surface area contributed by atoms with E-state index >= 15 is 0 Å². The van der Waals surface area contributed by atoms with E-state index in [9.17, 15) is 0 Å². The van der Waals surface area contributed by atoms with Crippen molar-refractivity contribution in [2.45, 2.75) is 64.7 Å². The molecule has 1 saturated carbocycles. The van der Waals surface area contributed by atoms with Crippen LogP contribution in [-0.2, 0) is 9.31 Å². The lowest BCUT2D eigenvalue weighted by molar-refractivity contribution is -0.0790. The van der Waals surface area contributed by atoms with Gasteiger partial charge in [0.05, 0.1) is 22.8 Å². The molecule has 0 unspecified atom stereocenters. The van der Waals surface area contributed by atoms with Gasteiger partial charge in [-0.1, -0.05) is 0 Å². The van der Waals surface area contributed by atoms with Gasteiger partial charge in [0.1, 0.15) is 0 Å². The zero-order valence-electron chi connectivity index (χ0n) is 15.2. The van der Waals surface area contributed by atoms with E-state index in [1.54, 1.807) is 0 Å². The minimum Gasteiger partial charge on any atom is -0.398 e. The van der Waals surface area contributed by atoms with Crippen LogP contribution in [0.4, 0.5) is 0 Å². The van der Waals surface area contributed by atoms with Gasteiger partial charge in [-0.25, -0.2) is 0 Å². The van der Waals surface area contributed by atoms with Crippen molar-refractivity contribution in [1.29, 1.82) is 0 Å². The second-order valence-electron chi connectivity index (χ2n) is 8.98. The molecular weight excluding hydrogens is 289 g/mol. The van der Waals surface area contributed by atoms with Crippen LogP contribution in [0.25, 0.3) is 0 Å². The smallest absolute Gasteiger partial charge is 0.398 e. The molecule has 2 aliphatic heterocycles. The molecule has 3 fully saturated rings. The Kier molecular flexibility index (Phi) is 3.14. The molecule has 0 N–H and O–H groups in total. The maximum absolute atomic E-state index is 6.13. The van der Waals surface area contributed by atoms with Crippen molar-refractivity contribution < 1.29 is 9.31 Å². The van der Waals surface area contributed by atoms with Gasteiger partial charge in [-0.2, -0.15) is 5.10 Å². The van der Waals surface area contributed by atoms with Crippen molar-refractivity contribution in [3.63, 3.8) is 0 Å². The SMILES string of the molecule is Cc1cc(B2OC(C)(C)C(C)(C)O2)nn1C1CC2(C1)CN(C)C2. The quantitative estimate of drug-likeness (QED) is 0.779. The Bertz CT molecular complexity index is 610. The van der Waals surface area contributed by atoms with Crippen LogP contribution >= 0.6 is 0 Å². The predicted octanol–water partition coefficient (Wildman–Crippen LogP) is 1.76. The van der Waals surface area contributed by atoms with Gasteiger partial charge in [0, 0.05) is 18.8 Å². The summed E-state index contributed by atoms with van der Waals surface area (Å²) in [5.74, 6) is 0. The third kappa shape index (κ3) is 2.30. The molecule has 0 aromatic carbocycles. The van der Waals surface area contributed by atoms with Crippen molar-refractivity contribution in [3.8, 4) is 0 Å². The van der Waals surface area contributed by atoms with Gasteiger partial charge in [0.2, 0.25) is 0 Å². The summed E-state index contributed by atoms with van der Waals surface area (Å²) in [6.45, 7) is 13.0. The van der Waals surface area contributed by atoms with Gasteiger partial charge in [0.25, 0.3) is 0 Å². The highest BCUT2D eigenvalue weighted by Crippen LogP contribution is 2.53. The summed E-state index contributed by atoms with van der Waals surface area (Å²) in [6.07, 6.45) is 2.51. The molecular formula is C17H28BN3O2. The average Bonchev–Trinajstić information content (AvgIpc) is 2.81. The molecule has 6 heteroatoms. The Hall–Kier alpha value is -0.845. The third-order valence-corrected chi connectivity index (χ3v) is 6.33. The molecule has 3 heterocycles. The van der Waals surface area contributed by atoms with Gasteiger partial charge < -0.3 is 14.2 Å². The van der Waals surface area contributed by atoms with Crippen LogP contribution < -0.4 is 5.59 Å². The fourth-order valence-electron chi connectivity index (χ4n) is 4.43. The molecule has 0 atom stereocenters. The minimum atomic E-state index is -0.358. The summed E-state index contributed by atoms with van der Waals surface area (Å²) in [7, 11) is 1.84. The first kappa shape index (κ1) is 15.7. The second kappa shape index (κ2) is 4.61. The van der Waals surface area contributed by atoms with Crippen LogP contribution in [0.3, 0.4) is 0 Å². The van der Waals surface area contributed by atoms with Crippen molar-refractivity contribution >= 4 is 12.7 Å². The lowest BCUT2D eigenvalue weighted by Crippen LogP contribution is -2.61. The summed E-state index contributed by atoms with van der Waals surface area (Å²) in [4.78, 5) is 2.40. The van der Waals surface area contributed by atoms with Gasteiger partial charge >= 0.3 is 7.12 Å². The Morgan fingerprint density at radius 1 is 1.13 bits per heavy atom.